The molecule has 1 aromatic rings. The number of alkyl halides is 1. The average Bonchev–Trinajstić information content (AvgIpc) is 2.27. The molecular formula is C12H18BrNO2. The van der Waals surface area contributed by atoms with Crippen LogP contribution in [0.3, 0.4) is 0 Å². The number of aliphatic hydroxyl groups excluding tert-OH is 2. The number of nitrogen functional groups attached to an aromatic ring is 1. The van der Waals surface area contributed by atoms with Gasteiger partial charge in [0.15, 0.2) is 0 Å². The fourth-order valence-corrected chi connectivity index (χ4v) is 1.85. The van der Waals surface area contributed by atoms with E-state index >= 15 is 0 Å². The standard InChI is InChI=1S/C12H18BrNO2/c1-7(2)8-3-4-10(14)9(5-8)12(16)11(15)6-13/h3-5,7,11-12,15-16H,6,14H2,1-2H3. The molecule has 0 aliphatic heterocycles. The van der Waals surface area contributed by atoms with Crippen LogP contribution in [0.15, 0.2) is 18.2 Å². The van der Waals surface area contributed by atoms with E-state index in [1.165, 1.54) is 0 Å². The minimum Gasteiger partial charge on any atom is -0.398 e. The van der Waals surface area contributed by atoms with Gasteiger partial charge in [-0.2, -0.15) is 0 Å². The zero-order chi connectivity index (χ0) is 12.3. The first-order valence-corrected chi connectivity index (χ1v) is 6.41. The summed E-state index contributed by atoms with van der Waals surface area (Å²) in [5, 5.41) is 19.8. The Labute approximate surface area is 104 Å². The van der Waals surface area contributed by atoms with Crippen LogP contribution in [0.2, 0.25) is 0 Å². The molecule has 0 aromatic heterocycles. The molecule has 16 heavy (non-hydrogen) atoms. The third-order valence-electron chi connectivity index (χ3n) is 2.62. The van der Waals surface area contributed by atoms with Crippen molar-refractivity contribution in [2.75, 3.05) is 11.1 Å². The minimum absolute atomic E-state index is 0.319. The van der Waals surface area contributed by atoms with Crippen molar-refractivity contribution in [3.63, 3.8) is 0 Å². The Kier molecular flexibility index (Phi) is 4.77. The number of anilines is 1. The molecular weight excluding hydrogens is 270 g/mol. The Morgan fingerprint density at radius 3 is 2.44 bits per heavy atom. The van der Waals surface area contributed by atoms with Crippen molar-refractivity contribution in [2.24, 2.45) is 0 Å². The third-order valence-corrected chi connectivity index (χ3v) is 3.28. The SMILES string of the molecule is CC(C)c1ccc(N)c(C(O)C(O)CBr)c1. The Morgan fingerprint density at radius 1 is 1.31 bits per heavy atom. The molecule has 0 saturated carbocycles. The van der Waals surface area contributed by atoms with Gasteiger partial charge in [0.05, 0.1) is 6.10 Å². The van der Waals surface area contributed by atoms with Crippen molar-refractivity contribution in [1.82, 2.24) is 0 Å². The van der Waals surface area contributed by atoms with Crippen LogP contribution in [-0.4, -0.2) is 21.6 Å². The van der Waals surface area contributed by atoms with E-state index in [0.29, 0.717) is 22.5 Å². The van der Waals surface area contributed by atoms with Crippen molar-refractivity contribution >= 4 is 21.6 Å². The molecule has 0 aliphatic carbocycles. The van der Waals surface area contributed by atoms with Crippen LogP contribution < -0.4 is 5.73 Å². The van der Waals surface area contributed by atoms with E-state index in [1.54, 1.807) is 6.07 Å². The summed E-state index contributed by atoms with van der Waals surface area (Å²) in [6, 6.07) is 5.57. The van der Waals surface area contributed by atoms with E-state index in [9.17, 15) is 10.2 Å². The molecule has 4 heteroatoms. The summed E-state index contributed by atoms with van der Waals surface area (Å²) in [6.07, 6.45) is -1.79. The first-order valence-electron chi connectivity index (χ1n) is 5.28. The Hall–Kier alpha value is -0.580. The van der Waals surface area contributed by atoms with E-state index in [0.717, 1.165) is 5.56 Å². The molecule has 1 aromatic carbocycles. The zero-order valence-electron chi connectivity index (χ0n) is 9.52. The zero-order valence-corrected chi connectivity index (χ0v) is 11.1. The first kappa shape index (κ1) is 13.5. The van der Waals surface area contributed by atoms with E-state index < -0.39 is 12.2 Å². The fraction of sp³-hybridized carbons (Fsp3) is 0.500. The Balaban J connectivity index is 3.06. The molecule has 0 saturated heterocycles. The number of hydrogen-bond acceptors (Lipinski definition) is 3. The van der Waals surface area contributed by atoms with Gasteiger partial charge in [0.25, 0.3) is 0 Å². The normalized spacial score (nSPS) is 15.1. The van der Waals surface area contributed by atoms with Gasteiger partial charge in [0.1, 0.15) is 6.10 Å². The van der Waals surface area contributed by atoms with Crippen molar-refractivity contribution in [2.45, 2.75) is 32.0 Å². The summed E-state index contributed by atoms with van der Waals surface area (Å²) in [5.74, 6) is 0.368. The molecule has 0 amide bonds. The van der Waals surface area contributed by atoms with Crippen LogP contribution in [0.4, 0.5) is 5.69 Å². The summed E-state index contributed by atoms with van der Waals surface area (Å²) in [5.41, 5.74) is 8.00. The van der Waals surface area contributed by atoms with E-state index in [-0.39, 0.29) is 0 Å². The number of halogens is 1. The van der Waals surface area contributed by atoms with Gasteiger partial charge < -0.3 is 15.9 Å². The molecule has 0 spiro atoms. The molecule has 2 unspecified atom stereocenters. The minimum atomic E-state index is -0.946. The van der Waals surface area contributed by atoms with Crippen LogP contribution in [0.1, 0.15) is 37.0 Å². The third kappa shape index (κ3) is 2.97. The summed E-state index contributed by atoms with van der Waals surface area (Å²) in [4.78, 5) is 0. The highest BCUT2D eigenvalue weighted by molar-refractivity contribution is 9.09. The lowest BCUT2D eigenvalue weighted by Crippen LogP contribution is -2.20. The largest absolute Gasteiger partial charge is 0.398 e. The number of benzene rings is 1. The first-order chi connectivity index (χ1) is 7.47. The van der Waals surface area contributed by atoms with Crippen LogP contribution in [0.5, 0.6) is 0 Å². The van der Waals surface area contributed by atoms with Gasteiger partial charge in [0, 0.05) is 16.6 Å². The fourth-order valence-electron chi connectivity index (χ4n) is 1.50. The molecule has 1 rings (SSSR count). The van der Waals surface area contributed by atoms with Gasteiger partial charge in [-0.05, 0) is 17.5 Å². The van der Waals surface area contributed by atoms with Gasteiger partial charge in [-0.1, -0.05) is 41.9 Å². The van der Waals surface area contributed by atoms with Crippen molar-refractivity contribution < 1.29 is 10.2 Å². The quantitative estimate of drug-likeness (QED) is 0.587. The van der Waals surface area contributed by atoms with Crippen molar-refractivity contribution in [1.29, 1.82) is 0 Å². The molecule has 2 atom stereocenters. The van der Waals surface area contributed by atoms with E-state index in [1.807, 2.05) is 12.1 Å². The Bertz CT molecular complexity index is 355. The maximum absolute atomic E-state index is 9.92. The summed E-state index contributed by atoms with van der Waals surface area (Å²) < 4.78 is 0. The maximum atomic E-state index is 9.92. The number of rotatable bonds is 4. The van der Waals surface area contributed by atoms with E-state index in [4.69, 9.17) is 5.73 Å². The molecule has 0 radical (unpaired) electrons. The lowest BCUT2D eigenvalue weighted by atomic mass is 9.96. The molecule has 0 bridgehead atoms. The summed E-state index contributed by atoms with van der Waals surface area (Å²) >= 11 is 3.13. The topological polar surface area (TPSA) is 66.5 Å². The molecule has 0 heterocycles. The second kappa shape index (κ2) is 5.66. The number of nitrogens with two attached hydrogens (primary N) is 1. The van der Waals surface area contributed by atoms with Crippen LogP contribution in [-0.2, 0) is 0 Å². The van der Waals surface area contributed by atoms with Crippen LogP contribution in [0, 0.1) is 0 Å². The summed E-state index contributed by atoms with van der Waals surface area (Å²) in [7, 11) is 0. The molecule has 4 N–H and O–H groups in total. The molecule has 0 fully saturated rings. The van der Waals surface area contributed by atoms with Crippen molar-refractivity contribution in [3.05, 3.63) is 29.3 Å². The van der Waals surface area contributed by atoms with E-state index in [2.05, 4.69) is 29.8 Å². The predicted octanol–water partition coefficient (Wildman–Crippen LogP) is 2.18. The lowest BCUT2D eigenvalue weighted by Gasteiger charge is -2.19. The van der Waals surface area contributed by atoms with Gasteiger partial charge >= 0.3 is 0 Å². The van der Waals surface area contributed by atoms with Gasteiger partial charge in [-0.3, -0.25) is 0 Å². The van der Waals surface area contributed by atoms with Crippen molar-refractivity contribution in [3.8, 4) is 0 Å². The predicted molar refractivity (Wildman–Crippen MR) is 69.7 cm³/mol. The maximum Gasteiger partial charge on any atom is 0.108 e. The van der Waals surface area contributed by atoms with Crippen LogP contribution >= 0.6 is 15.9 Å². The molecule has 3 nitrogen and oxygen atoms in total. The van der Waals surface area contributed by atoms with Gasteiger partial charge in [-0.25, -0.2) is 0 Å². The highest BCUT2D eigenvalue weighted by Gasteiger charge is 2.20. The van der Waals surface area contributed by atoms with Crippen LogP contribution in [0.25, 0.3) is 0 Å². The lowest BCUT2D eigenvalue weighted by molar-refractivity contribution is 0.0347. The molecule has 90 valence electrons. The second-order valence-corrected chi connectivity index (χ2v) is 4.86. The molecule has 0 aliphatic rings. The highest BCUT2D eigenvalue weighted by atomic mass is 79.9. The second-order valence-electron chi connectivity index (χ2n) is 4.21. The van der Waals surface area contributed by atoms with Gasteiger partial charge in [-0.15, -0.1) is 0 Å². The smallest absolute Gasteiger partial charge is 0.108 e. The highest BCUT2D eigenvalue weighted by Crippen LogP contribution is 2.27. The summed E-state index contributed by atoms with van der Waals surface area (Å²) in [6.45, 7) is 4.14. The van der Waals surface area contributed by atoms with Gasteiger partial charge in [0.2, 0.25) is 0 Å². The monoisotopic (exact) mass is 287 g/mol. The number of hydrogen-bond donors (Lipinski definition) is 3. The average molecular weight is 288 g/mol. The Morgan fingerprint density at radius 2 is 1.94 bits per heavy atom. The number of aliphatic hydroxyl groups is 2.